The van der Waals surface area contributed by atoms with Gasteiger partial charge in [-0.1, -0.05) is 26.0 Å². The van der Waals surface area contributed by atoms with Crippen LogP contribution < -0.4 is 10.6 Å². The van der Waals surface area contributed by atoms with E-state index in [9.17, 15) is 14.7 Å². The van der Waals surface area contributed by atoms with Crippen molar-refractivity contribution in [2.75, 3.05) is 0 Å². The Labute approximate surface area is 125 Å². The van der Waals surface area contributed by atoms with E-state index >= 15 is 0 Å². The molecule has 0 aliphatic carbocycles. The fraction of sp³-hybridized carbons (Fsp3) is 0.500. The molecule has 0 unspecified atom stereocenters. The lowest BCUT2D eigenvalue weighted by molar-refractivity contribution is -0.121. The minimum absolute atomic E-state index is 0.0257. The quantitative estimate of drug-likeness (QED) is 0.719. The number of amides is 2. The van der Waals surface area contributed by atoms with Crippen LogP contribution in [0.15, 0.2) is 12.1 Å². The lowest BCUT2D eigenvalue weighted by Crippen LogP contribution is -2.23. The number of nitrogens with one attached hydrogen (secondary N) is 2. The van der Waals surface area contributed by atoms with Crippen LogP contribution in [0.2, 0.25) is 0 Å². The molecule has 0 atom stereocenters. The summed E-state index contributed by atoms with van der Waals surface area (Å²) in [6.45, 7) is 5.98. The van der Waals surface area contributed by atoms with Gasteiger partial charge in [0, 0.05) is 37.6 Å². The minimum Gasteiger partial charge on any atom is -0.507 e. The number of phenolic OH excluding ortho intramolecular Hbond substituents is 1. The van der Waals surface area contributed by atoms with E-state index < -0.39 is 0 Å². The SMILES string of the molecule is CCCC(=O)NCc1cc(CC)cc(CNC(C)=O)c1O. The number of aromatic hydroxyl groups is 1. The van der Waals surface area contributed by atoms with E-state index in [0.29, 0.717) is 24.1 Å². The molecule has 0 aromatic heterocycles. The fourth-order valence-electron chi connectivity index (χ4n) is 2.03. The second-order valence-corrected chi connectivity index (χ2v) is 5.05. The second kappa shape index (κ2) is 8.29. The van der Waals surface area contributed by atoms with Crippen molar-refractivity contribution in [1.29, 1.82) is 0 Å². The van der Waals surface area contributed by atoms with E-state index in [1.165, 1.54) is 6.92 Å². The van der Waals surface area contributed by atoms with E-state index in [2.05, 4.69) is 10.6 Å². The lowest BCUT2D eigenvalue weighted by Gasteiger charge is -2.13. The average Bonchev–Trinajstić information content (AvgIpc) is 2.45. The van der Waals surface area contributed by atoms with Crippen LogP contribution in [0.4, 0.5) is 0 Å². The van der Waals surface area contributed by atoms with E-state index in [4.69, 9.17) is 0 Å². The summed E-state index contributed by atoms with van der Waals surface area (Å²) in [5.41, 5.74) is 2.41. The van der Waals surface area contributed by atoms with Gasteiger partial charge in [0.1, 0.15) is 5.75 Å². The molecule has 0 fully saturated rings. The molecule has 116 valence electrons. The van der Waals surface area contributed by atoms with Gasteiger partial charge in [-0.3, -0.25) is 9.59 Å². The average molecular weight is 292 g/mol. The first kappa shape index (κ1) is 17.0. The van der Waals surface area contributed by atoms with Gasteiger partial charge < -0.3 is 15.7 Å². The first-order chi connectivity index (χ1) is 9.97. The summed E-state index contributed by atoms with van der Waals surface area (Å²) in [5, 5.41) is 15.7. The van der Waals surface area contributed by atoms with Crippen LogP contribution >= 0.6 is 0 Å². The number of hydrogen-bond acceptors (Lipinski definition) is 3. The summed E-state index contributed by atoms with van der Waals surface area (Å²) < 4.78 is 0. The monoisotopic (exact) mass is 292 g/mol. The Hall–Kier alpha value is -2.04. The number of benzene rings is 1. The van der Waals surface area contributed by atoms with Crippen molar-refractivity contribution in [2.45, 2.75) is 53.1 Å². The van der Waals surface area contributed by atoms with Crippen LogP contribution in [-0.2, 0) is 29.1 Å². The van der Waals surface area contributed by atoms with Crippen LogP contribution in [0.25, 0.3) is 0 Å². The first-order valence-electron chi connectivity index (χ1n) is 7.32. The molecule has 0 spiro atoms. The van der Waals surface area contributed by atoms with Crippen molar-refractivity contribution in [2.24, 2.45) is 0 Å². The Kier molecular flexibility index (Phi) is 6.72. The maximum absolute atomic E-state index is 11.5. The molecule has 2 amide bonds. The topological polar surface area (TPSA) is 78.4 Å². The molecule has 0 saturated carbocycles. The Balaban J connectivity index is 2.88. The van der Waals surface area contributed by atoms with Gasteiger partial charge in [-0.15, -0.1) is 0 Å². The Morgan fingerprint density at radius 1 is 1.10 bits per heavy atom. The van der Waals surface area contributed by atoms with Crippen molar-refractivity contribution >= 4 is 11.8 Å². The molecule has 0 saturated heterocycles. The number of aryl methyl sites for hydroxylation is 1. The van der Waals surface area contributed by atoms with E-state index in [1.54, 1.807) is 0 Å². The molecule has 1 rings (SSSR count). The molecule has 5 nitrogen and oxygen atoms in total. The molecule has 1 aromatic carbocycles. The Morgan fingerprint density at radius 2 is 1.67 bits per heavy atom. The maximum Gasteiger partial charge on any atom is 0.220 e. The summed E-state index contributed by atoms with van der Waals surface area (Å²) in [4.78, 5) is 22.5. The Morgan fingerprint density at radius 3 is 2.14 bits per heavy atom. The molecular formula is C16H24N2O3. The minimum atomic E-state index is -0.144. The van der Waals surface area contributed by atoms with Crippen LogP contribution in [0.5, 0.6) is 5.75 Å². The Bertz CT molecular complexity index is 512. The van der Waals surface area contributed by atoms with Gasteiger partial charge in [0.25, 0.3) is 0 Å². The lowest BCUT2D eigenvalue weighted by atomic mass is 10.0. The van der Waals surface area contributed by atoms with E-state index in [1.807, 2.05) is 26.0 Å². The van der Waals surface area contributed by atoms with E-state index in [0.717, 1.165) is 18.4 Å². The molecule has 3 N–H and O–H groups in total. The molecule has 0 aliphatic rings. The number of rotatable bonds is 7. The highest BCUT2D eigenvalue weighted by Crippen LogP contribution is 2.25. The van der Waals surface area contributed by atoms with Gasteiger partial charge in [0.2, 0.25) is 11.8 Å². The van der Waals surface area contributed by atoms with Crippen molar-refractivity contribution in [3.63, 3.8) is 0 Å². The molecule has 0 radical (unpaired) electrons. The summed E-state index contributed by atoms with van der Waals surface area (Å²) in [5.74, 6) is -0.0333. The third-order valence-corrected chi connectivity index (χ3v) is 3.22. The molecule has 5 heteroatoms. The van der Waals surface area contributed by atoms with Gasteiger partial charge in [0.15, 0.2) is 0 Å². The predicted octanol–water partition coefficient (Wildman–Crippen LogP) is 2.01. The highest BCUT2D eigenvalue weighted by molar-refractivity contribution is 5.76. The summed E-state index contributed by atoms with van der Waals surface area (Å²) in [7, 11) is 0. The largest absolute Gasteiger partial charge is 0.507 e. The smallest absolute Gasteiger partial charge is 0.220 e. The number of hydrogen-bond donors (Lipinski definition) is 3. The third kappa shape index (κ3) is 5.45. The maximum atomic E-state index is 11.5. The standard InChI is InChI=1S/C16H24N2O3/c1-4-6-15(20)18-10-14-8-12(5-2)7-13(16(14)21)9-17-11(3)19/h7-8,21H,4-6,9-10H2,1-3H3,(H,17,19)(H,18,20). The van der Waals surface area contributed by atoms with Crippen LogP contribution in [-0.4, -0.2) is 16.9 Å². The van der Waals surface area contributed by atoms with Crippen molar-refractivity contribution < 1.29 is 14.7 Å². The second-order valence-electron chi connectivity index (χ2n) is 5.05. The molecule has 0 heterocycles. The van der Waals surface area contributed by atoms with Crippen molar-refractivity contribution in [3.8, 4) is 5.75 Å². The molecular weight excluding hydrogens is 268 g/mol. The van der Waals surface area contributed by atoms with Crippen LogP contribution in [0.1, 0.15) is 50.3 Å². The van der Waals surface area contributed by atoms with Gasteiger partial charge in [-0.05, 0) is 18.4 Å². The zero-order chi connectivity index (χ0) is 15.8. The number of phenols is 1. The van der Waals surface area contributed by atoms with E-state index in [-0.39, 0.29) is 24.1 Å². The number of carbonyl (C=O) groups excluding carboxylic acids is 2. The third-order valence-electron chi connectivity index (χ3n) is 3.22. The van der Waals surface area contributed by atoms with Gasteiger partial charge in [-0.25, -0.2) is 0 Å². The highest BCUT2D eigenvalue weighted by atomic mass is 16.3. The normalized spacial score (nSPS) is 10.2. The molecule has 0 aliphatic heterocycles. The molecule has 1 aromatic rings. The highest BCUT2D eigenvalue weighted by Gasteiger charge is 2.11. The zero-order valence-electron chi connectivity index (χ0n) is 13.0. The fourth-order valence-corrected chi connectivity index (χ4v) is 2.03. The van der Waals surface area contributed by atoms with Crippen LogP contribution in [0, 0.1) is 0 Å². The predicted molar refractivity (Wildman–Crippen MR) is 81.8 cm³/mol. The van der Waals surface area contributed by atoms with Crippen molar-refractivity contribution in [1.82, 2.24) is 10.6 Å². The molecule has 21 heavy (non-hydrogen) atoms. The summed E-state index contributed by atoms with van der Waals surface area (Å²) in [6, 6.07) is 3.77. The zero-order valence-corrected chi connectivity index (χ0v) is 13.0. The molecule has 0 bridgehead atoms. The number of carbonyl (C=O) groups is 2. The van der Waals surface area contributed by atoms with Crippen LogP contribution in [0.3, 0.4) is 0 Å². The summed E-state index contributed by atoms with van der Waals surface area (Å²) >= 11 is 0. The van der Waals surface area contributed by atoms with Crippen molar-refractivity contribution in [3.05, 3.63) is 28.8 Å². The summed E-state index contributed by atoms with van der Waals surface area (Å²) in [6.07, 6.45) is 2.09. The van der Waals surface area contributed by atoms with Gasteiger partial charge in [0.05, 0.1) is 0 Å². The van der Waals surface area contributed by atoms with Gasteiger partial charge >= 0.3 is 0 Å². The van der Waals surface area contributed by atoms with Gasteiger partial charge in [-0.2, -0.15) is 0 Å². The first-order valence-corrected chi connectivity index (χ1v) is 7.32.